The standard InChI is InChI=1S/2C31H36N2O.C28H29NO2/c2*1-29-11-9-25-18-24-5-6-26(33-15-2-16-33)19-30(24)12-13-31(25,34-30)28(29)8-7-27(29)22-4-3-21-10-14-32-20-23(21)17-22;1-26-10-8-22-15-21-4-5-23(30)16-27(21)11-12-28(22,31-27)25(26)7-6-24(26)19-3-2-18-9-13-29-17-20(18)14-19/h2*3-4,9-10,14,17-18,20,26-28H,2,5-8,11-13,15-16,19H2,1H3;2-3,8-9,13-15,17,24-25H,4-7,10-12,16H2,1H3/t26-,27+,28+,29+,30+,31+;26-,27-,28-,29-,30-,31-;24-,25-,26-,27-,28-/m011/s1. The van der Waals surface area contributed by atoms with Gasteiger partial charge in [0.15, 0.2) is 0 Å². The lowest BCUT2D eigenvalue weighted by Gasteiger charge is -2.55. The molecule has 3 aromatic heterocycles. The zero-order valence-corrected chi connectivity index (χ0v) is 59.1. The van der Waals surface area contributed by atoms with Crippen molar-refractivity contribution < 1.29 is 19.0 Å². The van der Waals surface area contributed by atoms with Crippen molar-refractivity contribution in [2.45, 2.75) is 251 Å². The molecule has 99 heavy (non-hydrogen) atoms. The number of ketones is 1. The van der Waals surface area contributed by atoms with Crippen LogP contribution in [-0.4, -0.2) is 102 Å². The minimum absolute atomic E-state index is 0.0286. The maximum atomic E-state index is 12.4. The van der Waals surface area contributed by atoms with Gasteiger partial charge in [-0.05, 0) is 335 Å². The van der Waals surface area contributed by atoms with E-state index in [4.69, 9.17) is 14.2 Å². The molecule has 11 heterocycles. The summed E-state index contributed by atoms with van der Waals surface area (Å²) in [5.41, 5.74) is 13.9. The minimum atomic E-state index is -0.294. The van der Waals surface area contributed by atoms with Gasteiger partial charge in [-0.1, -0.05) is 93.6 Å². The molecule has 0 radical (unpaired) electrons. The lowest BCUT2D eigenvalue weighted by molar-refractivity contribution is -0.146. The molecule has 6 aromatic rings. The van der Waals surface area contributed by atoms with Crippen LogP contribution in [0.3, 0.4) is 0 Å². The van der Waals surface area contributed by atoms with Crippen LogP contribution in [0.5, 0.6) is 0 Å². The molecule has 0 amide bonds. The molecule has 0 N–H and O–H groups in total. The van der Waals surface area contributed by atoms with E-state index in [0.29, 0.717) is 54.1 Å². The second kappa shape index (κ2) is 21.9. The van der Waals surface area contributed by atoms with Crippen LogP contribution in [0.4, 0.5) is 0 Å². The summed E-state index contributed by atoms with van der Waals surface area (Å²) < 4.78 is 22.1. The number of nitrogens with zero attached hydrogens (tertiary/aromatic N) is 5. The molecule has 6 spiro atoms. The summed E-state index contributed by atoms with van der Waals surface area (Å²) in [5.74, 6) is 3.87. The van der Waals surface area contributed by atoms with Gasteiger partial charge in [-0.25, -0.2) is 0 Å². The molecular formula is C90H101N5O4. The van der Waals surface area contributed by atoms with Crippen molar-refractivity contribution in [3.8, 4) is 0 Å². The van der Waals surface area contributed by atoms with E-state index in [9.17, 15) is 4.79 Å². The minimum Gasteiger partial charge on any atom is -0.359 e. The van der Waals surface area contributed by atoms with Gasteiger partial charge in [0.1, 0.15) is 5.78 Å². The Hall–Kier alpha value is -6.20. The quantitative estimate of drug-likeness (QED) is 0.167. The number of ether oxygens (including phenoxy) is 3. The third kappa shape index (κ3) is 8.81. The molecule has 23 rings (SSSR count). The number of aromatic nitrogens is 3. The molecule has 9 heteroatoms. The SMILES string of the molecule is C[C@]12CC=C3C=C4CCC(=O)C[C@]45CC[C@]3(O5)[C@@H]1CC[C@@H]2c1ccc2ccncc2c1.C[C@]12CC=C3C=C4CC[C@@H](N5CCC5)C[C@]45CC[C@]3(O5)[C@@H]1CC[C@@H]2c1ccc2ccncc2c1.C[C@]12CC=C3C=C4CC[C@H](N5CCC5)C[C@]45CC[C@]3(O5)[C@@H]1CC[C@@H]2c1ccc2ccncc2c1. The molecule has 510 valence electrons. The maximum Gasteiger partial charge on any atom is 0.136 e. The fraction of sp³-hybridized carbons (Fsp3) is 0.556. The van der Waals surface area contributed by atoms with Crippen molar-refractivity contribution in [3.63, 3.8) is 0 Å². The Bertz CT molecular complexity index is 4400. The number of carbonyl (C=O) groups excluding carboxylic acids is 1. The highest BCUT2D eigenvalue weighted by atomic mass is 16.5. The molecule has 5 saturated heterocycles. The van der Waals surface area contributed by atoms with Crippen LogP contribution in [0.1, 0.15) is 222 Å². The molecular weight excluding hydrogens is 1220 g/mol. The number of Topliss-reactive ketones (excluding diaryl/α,β-unsaturated/α-hetero) is 1. The van der Waals surface area contributed by atoms with E-state index in [1.807, 2.05) is 37.2 Å². The summed E-state index contributed by atoms with van der Waals surface area (Å²) in [4.78, 5) is 31.0. The molecule has 6 bridgehead atoms. The third-order valence-corrected chi connectivity index (χ3v) is 31.8. The van der Waals surface area contributed by atoms with E-state index in [0.717, 1.165) is 37.8 Å². The van der Waals surface area contributed by atoms with Gasteiger partial charge in [0.2, 0.25) is 0 Å². The normalized spacial score (nSPS) is 42.2. The van der Waals surface area contributed by atoms with Crippen LogP contribution in [0.2, 0.25) is 0 Å². The second-order valence-corrected chi connectivity index (χ2v) is 35.9. The highest BCUT2D eigenvalue weighted by Gasteiger charge is 2.70. The number of allylic oxidation sites excluding steroid dienone is 3. The van der Waals surface area contributed by atoms with Gasteiger partial charge in [-0.15, -0.1) is 0 Å². The first kappa shape index (κ1) is 61.5. The third-order valence-electron chi connectivity index (χ3n) is 31.8. The highest BCUT2D eigenvalue weighted by molar-refractivity contribution is 5.85. The number of likely N-dealkylation sites (tertiary alicyclic amines) is 2. The predicted molar refractivity (Wildman–Crippen MR) is 392 cm³/mol. The summed E-state index contributed by atoms with van der Waals surface area (Å²) in [6, 6.07) is 29.0. The van der Waals surface area contributed by atoms with Crippen molar-refractivity contribution in [2.75, 3.05) is 26.2 Å². The number of pyridine rings is 3. The lowest BCUT2D eigenvalue weighted by Crippen LogP contribution is -2.56. The van der Waals surface area contributed by atoms with Crippen LogP contribution >= 0.6 is 0 Å². The first-order valence-electron chi connectivity index (χ1n) is 39.6. The largest absolute Gasteiger partial charge is 0.359 e. The Morgan fingerprint density at radius 1 is 0.404 bits per heavy atom. The van der Waals surface area contributed by atoms with Crippen molar-refractivity contribution in [1.82, 2.24) is 24.8 Å². The van der Waals surface area contributed by atoms with E-state index >= 15 is 0 Å². The van der Waals surface area contributed by atoms with Crippen LogP contribution in [-0.2, 0) is 19.0 Å². The van der Waals surface area contributed by atoms with E-state index in [1.54, 1.807) is 22.3 Å². The van der Waals surface area contributed by atoms with E-state index in [1.165, 1.54) is 215 Å². The summed E-state index contributed by atoms with van der Waals surface area (Å²) in [5, 5.41) is 7.64. The van der Waals surface area contributed by atoms with Gasteiger partial charge in [0.25, 0.3) is 0 Å². The van der Waals surface area contributed by atoms with E-state index < -0.39 is 0 Å². The molecule has 8 aliphatic heterocycles. The Balaban J connectivity index is 0.0000000977. The predicted octanol–water partition coefficient (Wildman–Crippen LogP) is 19.1. The molecule has 3 aromatic carbocycles. The number of rotatable bonds is 5. The number of benzene rings is 3. The lowest BCUT2D eigenvalue weighted by atomic mass is 9.58. The molecule has 9 nitrogen and oxygen atoms in total. The first-order chi connectivity index (χ1) is 48.2. The van der Waals surface area contributed by atoms with Crippen molar-refractivity contribution in [3.05, 3.63) is 197 Å². The Morgan fingerprint density at radius 2 is 0.778 bits per heavy atom. The van der Waals surface area contributed by atoms with Gasteiger partial charge >= 0.3 is 0 Å². The zero-order valence-electron chi connectivity index (χ0n) is 59.1. The average Bonchev–Trinajstić information content (AvgIpc) is 1.57. The van der Waals surface area contributed by atoms with E-state index in [2.05, 4.69) is 155 Å². The fourth-order valence-corrected chi connectivity index (χ4v) is 26.6. The molecule has 17 aliphatic rings. The number of hydrogen-bond donors (Lipinski definition) is 0. The molecule has 6 saturated carbocycles. The molecule has 11 fully saturated rings. The monoisotopic (exact) mass is 1320 g/mol. The van der Waals surface area contributed by atoms with Gasteiger partial charge in [0, 0.05) is 78.3 Å². The van der Waals surface area contributed by atoms with Gasteiger partial charge in [-0.2, -0.15) is 0 Å². The number of hydrogen-bond acceptors (Lipinski definition) is 9. The molecule has 0 unspecified atom stereocenters. The Morgan fingerprint density at radius 3 is 1.16 bits per heavy atom. The first-order valence-corrected chi connectivity index (χ1v) is 39.6. The van der Waals surface area contributed by atoms with Crippen molar-refractivity contribution in [1.29, 1.82) is 0 Å². The number of fused-ring (bicyclic) bond motifs is 6. The maximum absolute atomic E-state index is 12.4. The summed E-state index contributed by atoms with van der Waals surface area (Å²) >= 11 is 0. The van der Waals surface area contributed by atoms with Crippen LogP contribution in [0.25, 0.3) is 32.3 Å². The van der Waals surface area contributed by atoms with Crippen LogP contribution < -0.4 is 0 Å². The topological polar surface area (TPSA) is 89.9 Å². The Kier molecular flexibility index (Phi) is 13.6. The van der Waals surface area contributed by atoms with Crippen LogP contribution in [0.15, 0.2) is 180 Å². The fourth-order valence-electron chi connectivity index (χ4n) is 26.6. The summed E-state index contributed by atoms with van der Waals surface area (Å²) in [6.45, 7) is 12.9. The van der Waals surface area contributed by atoms with E-state index in [-0.39, 0.29) is 49.9 Å². The summed E-state index contributed by atoms with van der Waals surface area (Å²) in [6.07, 6.45) is 57.7. The Labute approximate surface area is 586 Å². The summed E-state index contributed by atoms with van der Waals surface area (Å²) in [7, 11) is 0. The smallest absolute Gasteiger partial charge is 0.136 e. The number of carbonyl (C=O) groups is 1. The average molecular weight is 1320 g/mol. The van der Waals surface area contributed by atoms with Gasteiger partial charge < -0.3 is 24.0 Å². The highest BCUT2D eigenvalue weighted by Crippen LogP contribution is 2.73. The zero-order chi connectivity index (χ0) is 65.9. The second-order valence-electron chi connectivity index (χ2n) is 35.9. The van der Waals surface area contributed by atoms with Crippen molar-refractivity contribution >= 4 is 38.1 Å². The van der Waals surface area contributed by atoms with Gasteiger partial charge in [0.05, 0.1) is 33.6 Å². The molecule has 17 atom stereocenters. The van der Waals surface area contributed by atoms with Gasteiger partial charge in [-0.3, -0.25) is 19.7 Å². The van der Waals surface area contributed by atoms with Crippen molar-refractivity contribution in [2.24, 2.45) is 34.0 Å². The molecule has 9 aliphatic carbocycles. The van der Waals surface area contributed by atoms with Crippen LogP contribution in [0, 0.1) is 34.0 Å².